The summed E-state index contributed by atoms with van der Waals surface area (Å²) >= 11 is 0. The molecule has 1 aromatic rings. The molecule has 0 fully saturated rings. The van der Waals surface area contributed by atoms with Crippen molar-refractivity contribution in [1.82, 2.24) is 0 Å². The number of carboxylic acids is 1. The quantitative estimate of drug-likeness (QED) is 0.779. The summed E-state index contributed by atoms with van der Waals surface area (Å²) in [5, 5.41) is 8.60. The number of aliphatic carboxylic acids is 1. The molecule has 0 amide bonds. The zero-order valence-corrected chi connectivity index (χ0v) is 10.3. The lowest BCUT2D eigenvalue weighted by Gasteiger charge is -2.14. The van der Waals surface area contributed by atoms with E-state index >= 15 is 0 Å². The van der Waals surface area contributed by atoms with Gasteiger partial charge in [0.05, 0.1) is 6.61 Å². The van der Waals surface area contributed by atoms with Gasteiger partial charge >= 0.3 is 11.9 Å². The highest BCUT2D eigenvalue weighted by molar-refractivity contribution is 5.79. The van der Waals surface area contributed by atoms with Gasteiger partial charge in [-0.15, -0.1) is 0 Å². The van der Waals surface area contributed by atoms with Crippen LogP contribution in [0.4, 0.5) is 0 Å². The van der Waals surface area contributed by atoms with Gasteiger partial charge in [0.25, 0.3) is 0 Å². The van der Waals surface area contributed by atoms with Gasteiger partial charge in [0.1, 0.15) is 0 Å². The largest absolute Gasteiger partial charge is 0.479 e. The van der Waals surface area contributed by atoms with Gasteiger partial charge in [0.15, 0.2) is 12.2 Å². The first-order chi connectivity index (χ1) is 8.50. The maximum absolute atomic E-state index is 11.5. The molecule has 5 nitrogen and oxygen atoms in total. The van der Waals surface area contributed by atoms with E-state index in [1.54, 1.807) is 0 Å². The SMILES string of the molecule is C[C@@H](OC(=O)[C@@H](C)OCc1ccccc1)C(=O)O. The lowest BCUT2D eigenvalue weighted by Crippen LogP contribution is -2.30. The van der Waals surface area contributed by atoms with Crippen molar-refractivity contribution in [2.75, 3.05) is 0 Å². The summed E-state index contributed by atoms with van der Waals surface area (Å²) in [6.45, 7) is 3.10. The Balaban J connectivity index is 2.39. The third-order valence-corrected chi connectivity index (χ3v) is 2.32. The molecule has 1 rings (SSSR count). The summed E-state index contributed by atoms with van der Waals surface area (Å²) < 4.78 is 10.0. The van der Waals surface area contributed by atoms with Gasteiger partial charge in [0.2, 0.25) is 0 Å². The minimum absolute atomic E-state index is 0.276. The van der Waals surface area contributed by atoms with Crippen LogP contribution in [0.1, 0.15) is 19.4 Å². The molecule has 1 aromatic carbocycles. The average molecular weight is 252 g/mol. The molecule has 0 heterocycles. The summed E-state index contributed by atoms with van der Waals surface area (Å²) in [5.41, 5.74) is 0.934. The molecule has 5 heteroatoms. The third kappa shape index (κ3) is 4.55. The molecule has 0 saturated heterocycles. The van der Waals surface area contributed by atoms with Gasteiger partial charge < -0.3 is 14.6 Å². The van der Waals surface area contributed by atoms with Crippen molar-refractivity contribution in [2.24, 2.45) is 0 Å². The first kappa shape index (κ1) is 14.2. The highest BCUT2D eigenvalue weighted by atomic mass is 16.6. The number of benzene rings is 1. The fraction of sp³-hybridized carbons (Fsp3) is 0.385. The van der Waals surface area contributed by atoms with Crippen LogP contribution in [-0.4, -0.2) is 29.3 Å². The second kappa shape index (κ2) is 6.76. The van der Waals surface area contributed by atoms with E-state index in [9.17, 15) is 9.59 Å². The summed E-state index contributed by atoms with van der Waals surface area (Å²) in [6.07, 6.45) is -1.97. The van der Waals surface area contributed by atoms with Crippen molar-refractivity contribution in [1.29, 1.82) is 0 Å². The van der Waals surface area contributed by atoms with E-state index in [0.29, 0.717) is 0 Å². The van der Waals surface area contributed by atoms with Gasteiger partial charge in [-0.2, -0.15) is 0 Å². The van der Waals surface area contributed by atoms with Gasteiger partial charge in [-0.05, 0) is 19.4 Å². The molecule has 0 radical (unpaired) electrons. The van der Waals surface area contributed by atoms with Crippen molar-refractivity contribution in [3.05, 3.63) is 35.9 Å². The van der Waals surface area contributed by atoms with E-state index in [0.717, 1.165) is 5.56 Å². The van der Waals surface area contributed by atoms with E-state index in [1.165, 1.54) is 13.8 Å². The number of carbonyl (C=O) groups excluding carboxylic acids is 1. The second-order valence-electron chi connectivity index (χ2n) is 3.86. The fourth-order valence-electron chi connectivity index (χ4n) is 1.18. The van der Waals surface area contributed by atoms with Crippen LogP contribution in [0.25, 0.3) is 0 Å². The van der Waals surface area contributed by atoms with Gasteiger partial charge in [-0.25, -0.2) is 9.59 Å². The molecule has 0 bridgehead atoms. The summed E-state index contributed by atoms with van der Waals surface area (Å²) in [7, 11) is 0. The van der Waals surface area contributed by atoms with Crippen molar-refractivity contribution < 1.29 is 24.2 Å². The number of carboxylic acid groups (broad SMARTS) is 1. The Morgan fingerprint density at radius 3 is 2.33 bits per heavy atom. The zero-order chi connectivity index (χ0) is 13.5. The summed E-state index contributed by atoms with van der Waals surface area (Å²) in [6, 6.07) is 9.37. The highest BCUT2D eigenvalue weighted by Crippen LogP contribution is 2.05. The fourth-order valence-corrected chi connectivity index (χ4v) is 1.18. The second-order valence-corrected chi connectivity index (χ2v) is 3.86. The Labute approximate surface area is 105 Å². The Morgan fingerprint density at radius 2 is 1.78 bits per heavy atom. The third-order valence-electron chi connectivity index (χ3n) is 2.32. The van der Waals surface area contributed by atoms with Crippen LogP contribution in [0.5, 0.6) is 0 Å². The van der Waals surface area contributed by atoms with E-state index < -0.39 is 24.1 Å². The molecular weight excluding hydrogens is 236 g/mol. The molecule has 0 saturated carbocycles. The molecule has 1 N–H and O–H groups in total. The van der Waals surface area contributed by atoms with Gasteiger partial charge in [-0.3, -0.25) is 0 Å². The number of ether oxygens (including phenoxy) is 2. The van der Waals surface area contributed by atoms with E-state index in [2.05, 4.69) is 0 Å². The lowest BCUT2D eigenvalue weighted by molar-refractivity contribution is -0.171. The van der Waals surface area contributed by atoms with Crippen molar-refractivity contribution in [3.63, 3.8) is 0 Å². The summed E-state index contributed by atoms with van der Waals surface area (Å²) in [5.74, 6) is -1.86. The molecule has 0 aromatic heterocycles. The molecule has 0 spiro atoms. The minimum Gasteiger partial charge on any atom is -0.479 e. The van der Waals surface area contributed by atoms with Crippen LogP contribution in [0.15, 0.2) is 30.3 Å². The molecule has 0 aliphatic carbocycles. The van der Waals surface area contributed by atoms with Crippen LogP contribution < -0.4 is 0 Å². The number of hydrogen-bond donors (Lipinski definition) is 1. The Morgan fingerprint density at radius 1 is 1.17 bits per heavy atom. The van der Waals surface area contributed by atoms with E-state index in [4.69, 9.17) is 14.6 Å². The monoisotopic (exact) mass is 252 g/mol. The predicted molar refractivity (Wildman–Crippen MR) is 63.9 cm³/mol. The maximum atomic E-state index is 11.5. The molecule has 98 valence electrons. The molecule has 18 heavy (non-hydrogen) atoms. The van der Waals surface area contributed by atoms with E-state index in [-0.39, 0.29) is 6.61 Å². The Kier molecular flexibility index (Phi) is 5.32. The molecular formula is C13H16O5. The smallest absolute Gasteiger partial charge is 0.344 e. The van der Waals surface area contributed by atoms with Crippen molar-refractivity contribution in [2.45, 2.75) is 32.7 Å². The van der Waals surface area contributed by atoms with Gasteiger partial charge in [-0.1, -0.05) is 30.3 Å². The minimum atomic E-state index is -1.18. The molecule has 0 aliphatic rings. The Bertz CT molecular complexity index is 401. The number of rotatable bonds is 6. The Hall–Kier alpha value is -1.88. The van der Waals surface area contributed by atoms with Crippen LogP contribution in [0, 0.1) is 0 Å². The number of carbonyl (C=O) groups is 2. The normalized spacial score (nSPS) is 13.7. The van der Waals surface area contributed by atoms with Crippen molar-refractivity contribution in [3.8, 4) is 0 Å². The van der Waals surface area contributed by atoms with Crippen LogP contribution in [0.2, 0.25) is 0 Å². The lowest BCUT2D eigenvalue weighted by atomic mass is 10.2. The first-order valence-electron chi connectivity index (χ1n) is 5.59. The van der Waals surface area contributed by atoms with Crippen LogP contribution >= 0.6 is 0 Å². The zero-order valence-electron chi connectivity index (χ0n) is 10.3. The highest BCUT2D eigenvalue weighted by Gasteiger charge is 2.21. The molecule has 0 unspecified atom stereocenters. The number of esters is 1. The van der Waals surface area contributed by atoms with Crippen molar-refractivity contribution >= 4 is 11.9 Å². The standard InChI is InChI=1S/C13H16O5/c1-9(12(14)15)18-13(16)10(2)17-8-11-6-4-3-5-7-11/h3-7,9-10H,8H2,1-2H3,(H,14,15)/t9-,10-/m1/s1. The average Bonchev–Trinajstić information content (AvgIpc) is 2.36. The molecule has 2 atom stereocenters. The topological polar surface area (TPSA) is 72.8 Å². The van der Waals surface area contributed by atoms with Gasteiger partial charge in [0, 0.05) is 0 Å². The molecule has 0 aliphatic heterocycles. The van der Waals surface area contributed by atoms with Crippen LogP contribution in [-0.2, 0) is 25.7 Å². The summed E-state index contributed by atoms with van der Waals surface area (Å²) in [4.78, 5) is 22.0. The maximum Gasteiger partial charge on any atom is 0.344 e. The van der Waals surface area contributed by atoms with Crippen LogP contribution in [0.3, 0.4) is 0 Å². The predicted octanol–water partition coefficient (Wildman–Crippen LogP) is 1.61. The van der Waals surface area contributed by atoms with E-state index in [1.807, 2.05) is 30.3 Å². The first-order valence-corrected chi connectivity index (χ1v) is 5.59. The number of hydrogen-bond acceptors (Lipinski definition) is 4.